The molecule has 1 heterocycles. The van der Waals surface area contributed by atoms with Gasteiger partial charge < -0.3 is 26.2 Å². The number of anilines is 3. The molecular weight excluding hydrogens is 815 g/mol. The molecule has 0 atom stereocenters. The largest absolute Gasteiger partial charge is 0.503 e. The van der Waals surface area contributed by atoms with Crippen molar-refractivity contribution in [1.82, 2.24) is 4.98 Å². The summed E-state index contributed by atoms with van der Waals surface area (Å²) in [5, 5.41) is 51.2. The van der Waals surface area contributed by atoms with Crippen molar-refractivity contribution in [2.24, 2.45) is 0 Å². The smallest absolute Gasteiger partial charge is 0.274 e. The van der Waals surface area contributed by atoms with Crippen molar-refractivity contribution >= 4 is 68.8 Å². The number of amides is 1. The van der Waals surface area contributed by atoms with Crippen LogP contribution in [0.4, 0.5) is 37.2 Å². The molecule has 0 fully saturated rings. The Hall–Kier alpha value is -7.24. The predicted molar refractivity (Wildman–Crippen MR) is 228 cm³/mol. The van der Waals surface area contributed by atoms with Crippen molar-refractivity contribution in [3.05, 3.63) is 177 Å². The molecule has 6 aromatic carbocycles. The van der Waals surface area contributed by atoms with Crippen molar-refractivity contribution in [3.8, 4) is 11.5 Å². The topological polar surface area (TPSA) is 193 Å². The number of aromatic nitrogens is 1. The summed E-state index contributed by atoms with van der Waals surface area (Å²) >= 11 is 3.05. The molecule has 0 bridgehead atoms. The maximum atomic E-state index is 13.8. The number of rotatable bonds is 13. The standard InChI is InChI=1S/C22H16FN3O3S.C21H18FN3O4S/c23-18-10-16(26(28)29)11-20(22(18)27)25-13-15-4-1-2-6-21(15)30-17-8-7-14-5-3-9-24-19(14)12-17;1-13(26)24-15-6-8-17(9-7-15)30-20-5-3-2-4-14(20)12-23-19-11-16(25(28)29)10-18(22)21(19)27/h1-12,25,27H,13H2;2-11,23,27H,12H2,1H3,(H,24,26). The highest BCUT2D eigenvalue weighted by atomic mass is 32.2. The van der Waals surface area contributed by atoms with Gasteiger partial charge >= 0.3 is 0 Å². The Morgan fingerprint density at radius 2 is 1.17 bits per heavy atom. The molecule has 1 aromatic heterocycles. The number of phenols is 2. The normalized spacial score (nSPS) is 10.7. The Kier molecular flexibility index (Phi) is 13.7. The Bertz CT molecular complexity index is 2710. The molecule has 0 saturated carbocycles. The summed E-state index contributed by atoms with van der Waals surface area (Å²) in [5.74, 6) is -3.56. The fourth-order valence-electron chi connectivity index (χ4n) is 5.70. The molecule has 0 unspecified atom stereocenters. The van der Waals surface area contributed by atoms with Gasteiger partial charge in [-0.2, -0.15) is 0 Å². The molecule has 0 radical (unpaired) electrons. The fraction of sp³-hybridized carbons (Fsp3) is 0.0698. The summed E-state index contributed by atoms with van der Waals surface area (Å²) in [6.45, 7) is 1.92. The Balaban J connectivity index is 0.000000201. The maximum Gasteiger partial charge on any atom is 0.274 e. The first-order chi connectivity index (χ1) is 28.8. The lowest BCUT2D eigenvalue weighted by Gasteiger charge is -2.13. The molecule has 7 aromatic rings. The van der Waals surface area contributed by atoms with Crippen LogP contribution in [0.2, 0.25) is 0 Å². The average molecular weight is 849 g/mol. The summed E-state index contributed by atoms with van der Waals surface area (Å²) in [6, 6.07) is 36.0. The Morgan fingerprint density at radius 1 is 0.667 bits per heavy atom. The number of halogens is 2. The van der Waals surface area contributed by atoms with E-state index < -0.39 is 44.4 Å². The van der Waals surface area contributed by atoms with Crippen LogP contribution in [0.5, 0.6) is 11.5 Å². The number of carbonyl (C=O) groups is 1. The second kappa shape index (κ2) is 19.5. The molecule has 1 amide bonds. The number of nitrogens with one attached hydrogen (secondary N) is 3. The summed E-state index contributed by atoms with van der Waals surface area (Å²) in [7, 11) is 0. The van der Waals surface area contributed by atoms with E-state index in [9.17, 15) is 44.0 Å². The highest BCUT2D eigenvalue weighted by Gasteiger charge is 2.18. The van der Waals surface area contributed by atoms with E-state index in [1.165, 1.54) is 18.7 Å². The molecule has 17 heteroatoms. The highest BCUT2D eigenvalue weighted by molar-refractivity contribution is 7.99. The van der Waals surface area contributed by atoms with Gasteiger partial charge in [0.15, 0.2) is 23.1 Å². The zero-order valence-corrected chi connectivity index (χ0v) is 33.1. The lowest BCUT2D eigenvalue weighted by atomic mass is 10.2. The molecule has 0 aliphatic rings. The number of carbonyl (C=O) groups excluding carboxylic acids is 1. The SMILES string of the molecule is CC(=O)Nc1ccc(Sc2ccccc2CNc2cc([N+](=O)[O-])cc(F)c2O)cc1.O=[N+]([O-])c1cc(F)c(O)c(NCc2ccccc2Sc2ccc3cccnc3c2)c1. The number of aromatic hydroxyl groups is 2. The first kappa shape index (κ1) is 42.4. The number of nitro groups is 2. The number of pyridine rings is 1. The number of non-ortho nitro benzene ring substituents is 2. The van der Waals surface area contributed by atoms with Crippen LogP contribution in [0.15, 0.2) is 153 Å². The number of phenolic OH excluding ortho intramolecular Hbond substituents is 2. The third-order valence-corrected chi connectivity index (χ3v) is 10.8. The minimum atomic E-state index is -1.06. The van der Waals surface area contributed by atoms with Crippen LogP contribution in [0.1, 0.15) is 18.1 Å². The quantitative estimate of drug-likeness (QED) is 0.0419. The van der Waals surface area contributed by atoms with Crippen LogP contribution in [0, 0.1) is 31.9 Å². The molecule has 0 aliphatic carbocycles. The van der Waals surface area contributed by atoms with Gasteiger partial charge in [0, 0.05) is 69.0 Å². The van der Waals surface area contributed by atoms with Gasteiger partial charge in [-0.05, 0) is 65.7 Å². The van der Waals surface area contributed by atoms with Crippen molar-refractivity contribution in [3.63, 3.8) is 0 Å². The highest BCUT2D eigenvalue weighted by Crippen LogP contribution is 2.36. The predicted octanol–water partition coefficient (Wildman–Crippen LogP) is 10.9. The van der Waals surface area contributed by atoms with Gasteiger partial charge in [-0.15, -0.1) is 0 Å². The van der Waals surface area contributed by atoms with E-state index in [0.29, 0.717) is 17.8 Å². The monoisotopic (exact) mass is 848 g/mol. The number of hydrogen-bond donors (Lipinski definition) is 5. The second-order valence-corrected chi connectivity index (χ2v) is 15.1. The zero-order chi connectivity index (χ0) is 42.8. The van der Waals surface area contributed by atoms with E-state index in [4.69, 9.17) is 0 Å². The summed E-state index contributed by atoms with van der Waals surface area (Å²) in [6.07, 6.45) is 1.75. The maximum absolute atomic E-state index is 13.8. The second-order valence-electron chi connectivity index (χ2n) is 12.9. The van der Waals surface area contributed by atoms with E-state index in [1.54, 1.807) is 30.1 Å². The summed E-state index contributed by atoms with van der Waals surface area (Å²) in [4.78, 5) is 39.8. The van der Waals surface area contributed by atoms with E-state index in [0.717, 1.165) is 53.7 Å². The number of benzene rings is 6. The Morgan fingerprint density at radius 3 is 1.68 bits per heavy atom. The van der Waals surface area contributed by atoms with Gasteiger partial charge in [-0.25, -0.2) is 8.78 Å². The number of nitrogens with zero attached hydrogens (tertiary/aromatic N) is 3. The summed E-state index contributed by atoms with van der Waals surface area (Å²) < 4.78 is 27.6. The lowest BCUT2D eigenvalue weighted by Crippen LogP contribution is -2.05. The Labute approximate surface area is 349 Å². The molecule has 5 N–H and O–H groups in total. The van der Waals surface area contributed by atoms with E-state index in [1.807, 2.05) is 91.0 Å². The first-order valence-electron chi connectivity index (χ1n) is 17.9. The van der Waals surface area contributed by atoms with Crippen LogP contribution < -0.4 is 16.0 Å². The van der Waals surface area contributed by atoms with E-state index in [2.05, 4.69) is 20.9 Å². The van der Waals surface area contributed by atoms with Gasteiger partial charge in [0.25, 0.3) is 11.4 Å². The van der Waals surface area contributed by atoms with Crippen molar-refractivity contribution in [2.45, 2.75) is 39.6 Å². The minimum absolute atomic E-state index is 0.0311. The van der Waals surface area contributed by atoms with Crippen LogP contribution in [-0.2, 0) is 17.9 Å². The molecule has 0 spiro atoms. The molecular formula is C43H34F2N6O7S2. The van der Waals surface area contributed by atoms with Crippen LogP contribution >= 0.6 is 23.5 Å². The van der Waals surface area contributed by atoms with Gasteiger partial charge in [-0.1, -0.05) is 72.1 Å². The fourth-order valence-corrected chi connectivity index (χ4v) is 7.63. The van der Waals surface area contributed by atoms with Crippen molar-refractivity contribution in [2.75, 3.05) is 16.0 Å². The molecule has 13 nitrogen and oxygen atoms in total. The molecule has 304 valence electrons. The number of fused-ring (bicyclic) bond motifs is 1. The number of hydrogen-bond acceptors (Lipinski definition) is 12. The van der Waals surface area contributed by atoms with Gasteiger partial charge in [0.05, 0.1) is 38.9 Å². The molecule has 0 saturated heterocycles. The van der Waals surface area contributed by atoms with Gasteiger partial charge in [0.1, 0.15) is 0 Å². The average Bonchev–Trinajstić information content (AvgIpc) is 3.23. The van der Waals surface area contributed by atoms with E-state index in [-0.39, 0.29) is 30.4 Å². The lowest BCUT2D eigenvalue weighted by molar-refractivity contribution is -0.385. The molecule has 0 aliphatic heterocycles. The molecule has 60 heavy (non-hydrogen) atoms. The molecule has 7 rings (SSSR count). The van der Waals surface area contributed by atoms with Crippen LogP contribution in [-0.4, -0.2) is 31.0 Å². The zero-order valence-electron chi connectivity index (χ0n) is 31.5. The third kappa shape index (κ3) is 11.0. The number of nitro benzene ring substituents is 2. The first-order valence-corrected chi connectivity index (χ1v) is 19.5. The van der Waals surface area contributed by atoms with E-state index >= 15 is 0 Å². The summed E-state index contributed by atoms with van der Waals surface area (Å²) in [5.41, 5.74) is 2.39. The van der Waals surface area contributed by atoms with Crippen LogP contribution in [0.3, 0.4) is 0 Å². The van der Waals surface area contributed by atoms with Gasteiger partial charge in [0.2, 0.25) is 5.91 Å². The van der Waals surface area contributed by atoms with Crippen molar-refractivity contribution in [1.29, 1.82) is 0 Å². The van der Waals surface area contributed by atoms with Crippen LogP contribution in [0.25, 0.3) is 10.9 Å². The minimum Gasteiger partial charge on any atom is -0.503 e. The third-order valence-electron chi connectivity index (χ3n) is 8.61. The van der Waals surface area contributed by atoms with Crippen molar-refractivity contribution < 1.29 is 33.6 Å². The van der Waals surface area contributed by atoms with Gasteiger partial charge in [-0.3, -0.25) is 30.0 Å².